The van der Waals surface area contributed by atoms with Gasteiger partial charge < -0.3 is 10.0 Å². The molecule has 5 heterocycles. The van der Waals surface area contributed by atoms with E-state index in [0.29, 0.717) is 33.8 Å². The first kappa shape index (κ1) is 22.0. The summed E-state index contributed by atoms with van der Waals surface area (Å²) in [6.07, 6.45) is 0.447. The van der Waals surface area contributed by atoms with Gasteiger partial charge in [0.25, 0.3) is 6.43 Å². The number of hydrogen-bond acceptors (Lipinski definition) is 7. The molecule has 1 N–H and O–H groups in total. The van der Waals surface area contributed by atoms with Crippen LogP contribution in [-0.2, 0) is 0 Å². The van der Waals surface area contributed by atoms with Crippen LogP contribution in [-0.4, -0.2) is 53.7 Å². The third-order valence-corrected chi connectivity index (χ3v) is 6.24. The average Bonchev–Trinajstić information content (AvgIpc) is 3.44. The van der Waals surface area contributed by atoms with Crippen molar-refractivity contribution in [2.24, 2.45) is 0 Å². The molecule has 0 radical (unpaired) electrons. The van der Waals surface area contributed by atoms with E-state index in [2.05, 4.69) is 20.2 Å². The minimum absolute atomic E-state index is 0.0341. The van der Waals surface area contributed by atoms with Gasteiger partial charge in [-0.2, -0.15) is 20.0 Å². The fraction of sp³-hybridized carbons (Fsp3) is 0.208. The fourth-order valence-corrected chi connectivity index (χ4v) is 4.59. The molecule has 0 atom stereocenters. The Hall–Kier alpha value is -4.50. The van der Waals surface area contributed by atoms with Crippen molar-refractivity contribution in [1.82, 2.24) is 29.4 Å². The number of anilines is 1. The number of fused-ring (bicyclic) bond motifs is 2. The van der Waals surface area contributed by atoms with E-state index >= 15 is 0 Å². The smallest absolute Gasteiger partial charge is 0.283 e. The van der Waals surface area contributed by atoms with Gasteiger partial charge in [0.1, 0.15) is 23.1 Å². The Bertz CT molecular complexity index is 1700. The summed E-state index contributed by atoms with van der Waals surface area (Å²) in [5, 5.41) is 28.4. The molecule has 0 saturated carbocycles. The Morgan fingerprint density at radius 2 is 2.03 bits per heavy atom. The van der Waals surface area contributed by atoms with Crippen LogP contribution in [0.25, 0.3) is 33.4 Å². The second-order valence-corrected chi connectivity index (χ2v) is 8.53. The van der Waals surface area contributed by atoms with E-state index in [-0.39, 0.29) is 24.3 Å². The minimum Gasteiger partial charge on any atom is -0.389 e. The van der Waals surface area contributed by atoms with Gasteiger partial charge in [-0.3, -0.25) is 4.98 Å². The molecule has 1 aliphatic heterocycles. The van der Waals surface area contributed by atoms with Crippen LogP contribution in [0.3, 0.4) is 0 Å². The molecule has 1 aliphatic rings. The first-order valence-electron chi connectivity index (χ1n) is 11.0. The monoisotopic (exact) mass is 490 g/mol. The second kappa shape index (κ2) is 8.03. The van der Waals surface area contributed by atoms with Gasteiger partial charge in [-0.1, -0.05) is 6.07 Å². The van der Waals surface area contributed by atoms with Gasteiger partial charge in [-0.05, 0) is 30.7 Å². The van der Waals surface area contributed by atoms with E-state index in [4.69, 9.17) is 0 Å². The maximum Gasteiger partial charge on any atom is 0.283 e. The molecular formula is C24H17F3N8O. The zero-order valence-corrected chi connectivity index (χ0v) is 18.8. The molecule has 6 rings (SSSR count). The number of pyridine rings is 1. The number of aliphatic hydroxyl groups is 1. The lowest BCUT2D eigenvalue weighted by atomic mass is 9.98. The summed E-state index contributed by atoms with van der Waals surface area (Å²) in [5.41, 5.74) is 2.16. The van der Waals surface area contributed by atoms with Gasteiger partial charge in [0.2, 0.25) is 0 Å². The van der Waals surface area contributed by atoms with Crippen molar-refractivity contribution in [2.45, 2.75) is 19.5 Å². The van der Waals surface area contributed by atoms with Gasteiger partial charge in [0.15, 0.2) is 11.5 Å². The highest BCUT2D eigenvalue weighted by molar-refractivity contribution is 5.99. The van der Waals surface area contributed by atoms with Gasteiger partial charge in [-0.15, -0.1) is 0 Å². The third kappa shape index (κ3) is 3.28. The van der Waals surface area contributed by atoms with Gasteiger partial charge in [0.05, 0.1) is 35.4 Å². The minimum atomic E-state index is -2.95. The Labute approximate surface area is 201 Å². The molecule has 1 fully saturated rings. The normalized spacial score (nSPS) is 14.1. The number of aromatic nitrogens is 6. The van der Waals surface area contributed by atoms with Crippen LogP contribution >= 0.6 is 0 Å². The zero-order chi connectivity index (χ0) is 25.1. The van der Waals surface area contributed by atoms with E-state index in [9.17, 15) is 23.5 Å². The lowest BCUT2D eigenvalue weighted by molar-refractivity contribution is 0.140. The molecule has 36 heavy (non-hydrogen) atoms. The van der Waals surface area contributed by atoms with Crippen molar-refractivity contribution in [1.29, 1.82) is 5.26 Å². The van der Waals surface area contributed by atoms with E-state index in [0.717, 1.165) is 11.6 Å². The number of nitriles is 1. The van der Waals surface area contributed by atoms with Crippen molar-refractivity contribution in [3.05, 3.63) is 65.6 Å². The van der Waals surface area contributed by atoms with Crippen molar-refractivity contribution in [3.8, 4) is 22.9 Å². The number of hydrogen-bond donors (Lipinski definition) is 1. The molecule has 0 bridgehead atoms. The van der Waals surface area contributed by atoms with Crippen LogP contribution in [0.5, 0.6) is 0 Å². The lowest BCUT2D eigenvalue weighted by Crippen LogP contribution is -2.51. The van der Waals surface area contributed by atoms with Gasteiger partial charge >= 0.3 is 0 Å². The fourth-order valence-electron chi connectivity index (χ4n) is 4.59. The Balaban J connectivity index is 1.62. The Morgan fingerprint density at radius 3 is 2.69 bits per heavy atom. The molecule has 0 amide bonds. The highest BCUT2D eigenvalue weighted by Crippen LogP contribution is 2.40. The molecule has 5 aromatic rings. The largest absolute Gasteiger partial charge is 0.389 e. The maximum absolute atomic E-state index is 13.7. The van der Waals surface area contributed by atoms with E-state index < -0.39 is 24.0 Å². The Kier molecular flexibility index (Phi) is 4.90. The number of rotatable bonds is 4. The van der Waals surface area contributed by atoms with E-state index in [1.807, 2.05) is 17.0 Å². The number of benzene rings is 1. The van der Waals surface area contributed by atoms with Crippen LogP contribution in [0.1, 0.15) is 23.4 Å². The number of aliphatic hydroxyl groups excluding tert-OH is 1. The first-order chi connectivity index (χ1) is 17.4. The molecule has 1 saturated heterocycles. The van der Waals surface area contributed by atoms with Crippen molar-refractivity contribution in [3.63, 3.8) is 0 Å². The summed E-state index contributed by atoms with van der Waals surface area (Å²) < 4.78 is 43.6. The third-order valence-electron chi connectivity index (χ3n) is 6.24. The standard InChI is InChI=1S/C24H17F3N8O/c1-12-20(17-4-5-29-19-6-14(2-3-16(17)19)34-9-13(25)8-30-34)24(33-10-15(36)11-33)35-23(31-12)18(7-28)21(32-35)22(26)27/h2-6,8-9,15,22,36H,10-11H2,1H3. The number of nitrogens with zero attached hydrogens (tertiary/aromatic N) is 8. The average molecular weight is 490 g/mol. The van der Waals surface area contributed by atoms with Crippen LogP contribution in [0.15, 0.2) is 42.9 Å². The molecule has 0 aliphatic carbocycles. The number of aryl methyl sites for hydroxylation is 1. The van der Waals surface area contributed by atoms with E-state index in [1.54, 1.807) is 31.3 Å². The predicted octanol–water partition coefficient (Wildman–Crippen LogP) is 3.57. The molecular weight excluding hydrogens is 473 g/mol. The highest BCUT2D eigenvalue weighted by atomic mass is 19.3. The molecule has 9 nitrogen and oxygen atoms in total. The molecule has 0 unspecified atom stereocenters. The number of β-amino-alcohol motifs (C(OH)–C–C–N with tert-alkyl or cyclic N) is 1. The summed E-state index contributed by atoms with van der Waals surface area (Å²) in [6, 6.07) is 8.95. The number of halogens is 3. The summed E-state index contributed by atoms with van der Waals surface area (Å²) in [5.74, 6) is -0.00997. The van der Waals surface area contributed by atoms with Crippen LogP contribution in [0.2, 0.25) is 0 Å². The molecule has 12 heteroatoms. The second-order valence-electron chi connectivity index (χ2n) is 8.53. The zero-order valence-electron chi connectivity index (χ0n) is 18.8. The van der Waals surface area contributed by atoms with Crippen molar-refractivity contribution >= 4 is 22.4 Å². The quantitative estimate of drug-likeness (QED) is 0.410. The molecule has 4 aromatic heterocycles. The highest BCUT2D eigenvalue weighted by Gasteiger charge is 2.33. The first-order valence-corrected chi connectivity index (χ1v) is 11.0. The van der Waals surface area contributed by atoms with E-state index in [1.165, 1.54) is 15.4 Å². The SMILES string of the molecule is Cc1nc2c(C#N)c(C(F)F)nn2c(N2CC(O)C2)c1-c1ccnc2cc(-n3cc(F)cn3)ccc12. The van der Waals surface area contributed by atoms with Crippen LogP contribution in [0.4, 0.5) is 19.0 Å². The Morgan fingerprint density at radius 1 is 1.22 bits per heavy atom. The summed E-state index contributed by atoms with van der Waals surface area (Å²) in [6.45, 7) is 2.28. The van der Waals surface area contributed by atoms with Crippen molar-refractivity contribution in [2.75, 3.05) is 18.0 Å². The van der Waals surface area contributed by atoms with Crippen LogP contribution < -0.4 is 4.90 Å². The molecule has 0 spiro atoms. The summed E-state index contributed by atoms with van der Waals surface area (Å²) in [7, 11) is 0. The maximum atomic E-state index is 13.7. The summed E-state index contributed by atoms with van der Waals surface area (Å²) in [4.78, 5) is 10.8. The van der Waals surface area contributed by atoms with Crippen LogP contribution in [0, 0.1) is 24.1 Å². The molecule has 1 aromatic carbocycles. The predicted molar refractivity (Wildman–Crippen MR) is 123 cm³/mol. The number of alkyl halides is 2. The summed E-state index contributed by atoms with van der Waals surface area (Å²) >= 11 is 0. The van der Waals surface area contributed by atoms with Gasteiger partial charge in [-0.25, -0.2) is 22.8 Å². The topological polar surface area (TPSA) is 108 Å². The van der Waals surface area contributed by atoms with Crippen molar-refractivity contribution < 1.29 is 18.3 Å². The molecule has 180 valence electrons. The lowest BCUT2D eigenvalue weighted by Gasteiger charge is -2.39. The van der Waals surface area contributed by atoms with Gasteiger partial charge in [0, 0.05) is 30.2 Å².